The Balaban J connectivity index is 0.00000363. The molecule has 172 valence electrons. The van der Waals surface area contributed by atoms with Gasteiger partial charge in [-0.15, -0.1) is 12.4 Å². The van der Waals surface area contributed by atoms with E-state index in [4.69, 9.17) is 5.73 Å². The predicted octanol–water partition coefficient (Wildman–Crippen LogP) is 2.81. The minimum absolute atomic E-state index is 0. The number of hydrogen-bond acceptors (Lipinski definition) is 4. The van der Waals surface area contributed by atoms with Crippen molar-refractivity contribution in [1.29, 1.82) is 0 Å². The lowest BCUT2D eigenvalue weighted by molar-refractivity contribution is -0.130. The number of benzene rings is 2. The molecular weight excluding hydrogens is 428 g/mol. The largest absolute Gasteiger partial charge is 0.508 e. The Labute approximate surface area is 194 Å². The third-order valence-corrected chi connectivity index (χ3v) is 4.96. The monoisotopic (exact) mass is 458 g/mol. The molecule has 0 saturated heterocycles. The molecule has 3 rings (SSSR count). The van der Waals surface area contributed by atoms with Crippen LogP contribution in [-0.4, -0.2) is 39.5 Å². The molecule has 0 saturated carbocycles. The summed E-state index contributed by atoms with van der Waals surface area (Å²) < 4.78 is 0. The Kier molecular flexibility index (Phi) is 8.30. The Morgan fingerprint density at radius 1 is 1.03 bits per heavy atom. The van der Waals surface area contributed by atoms with Crippen molar-refractivity contribution in [3.63, 3.8) is 0 Å². The van der Waals surface area contributed by atoms with Crippen LogP contribution in [0.25, 0.3) is 10.9 Å². The number of H-pyrrole nitrogens is 1. The van der Waals surface area contributed by atoms with Gasteiger partial charge in [-0.2, -0.15) is 0 Å². The first-order valence-electron chi connectivity index (χ1n) is 10.3. The highest BCUT2D eigenvalue weighted by Gasteiger charge is 2.27. The molecule has 0 radical (unpaired) electrons. The second-order valence-electron chi connectivity index (χ2n) is 8.84. The molecule has 8 heteroatoms. The van der Waals surface area contributed by atoms with Crippen molar-refractivity contribution in [2.45, 2.75) is 51.2 Å². The third kappa shape index (κ3) is 6.73. The number of rotatable bonds is 7. The molecule has 1 heterocycles. The molecule has 0 fully saturated rings. The number of phenolic OH excluding ortho intramolecular Hbond substituents is 1. The number of aromatic nitrogens is 1. The maximum absolute atomic E-state index is 13.0. The number of phenols is 1. The molecule has 0 bridgehead atoms. The van der Waals surface area contributed by atoms with Gasteiger partial charge in [-0.1, -0.05) is 30.3 Å². The smallest absolute Gasteiger partial charge is 0.243 e. The van der Waals surface area contributed by atoms with Gasteiger partial charge in [0.05, 0.1) is 6.04 Å². The van der Waals surface area contributed by atoms with Crippen molar-refractivity contribution in [1.82, 2.24) is 15.6 Å². The molecule has 2 aromatic carbocycles. The molecule has 0 spiro atoms. The van der Waals surface area contributed by atoms with E-state index in [1.807, 2.05) is 51.2 Å². The summed E-state index contributed by atoms with van der Waals surface area (Å²) in [6.07, 6.45) is 2.50. The van der Waals surface area contributed by atoms with Crippen molar-refractivity contribution in [2.24, 2.45) is 5.73 Å². The molecule has 1 aromatic heterocycles. The van der Waals surface area contributed by atoms with Crippen LogP contribution in [0.15, 0.2) is 54.7 Å². The number of para-hydroxylation sites is 1. The first kappa shape index (κ1) is 25.2. The van der Waals surface area contributed by atoms with E-state index in [2.05, 4.69) is 15.6 Å². The molecule has 7 nitrogen and oxygen atoms in total. The van der Waals surface area contributed by atoms with Crippen molar-refractivity contribution < 1.29 is 14.7 Å². The van der Waals surface area contributed by atoms with Crippen LogP contribution in [-0.2, 0) is 22.4 Å². The van der Waals surface area contributed by atoms with Crippen LogP contribution >= 0.6 is 12.4 Å². The highest BCUT2D eigenvalue weighted by atomic mass is 35.5. The summed E-state index contributed by atoms with van der Waals surface area (Å²) in [5.41, 5.74) is 8.42. The molecule has 2 amide bonds. The van der Waals surface area contributed by atoms with Gasteiger partial charge in [-0.3, -0.25) is 9.59 Å². The molecule has 6 N–H and O–H groups in total. The highest BCUT2D eigenvalue weighted by molar-refractivity contribution is 5.91. The van der Waals surface area contributed by atoms with Crippen LogP contribution in [0.5, 0.6) is 5.75 Å². The Morgan fingerprint density at radius 3 is 2.34 bits per heavy atom. The fourth-order valence-corrected chi connectivity index (χ4v) is 3.44. The maximum atomic E-state index is 13.0. The molecule has 0 unspecified atom stereocenters. The van der Waals surface area contributed by atoms with E-state index >= 15 is 0 Å². The van der Waals surface area contributed by atoms with Crippen LogP contribution in [0.1, 0.15) is 31.9 Å². The van der Waals surface area contributed by atoms with Gasteiger partial charge in [0, 0.05) is 29.1 Å². The number of fused-ring (bicyclic) bond motifs is 1. The lowest BCUT2D eigenvalue weighted by Crippen LogP contribution is -2.56. The second kappa shape index (κ2) is 10.5. The maximum Gasteiger partial charge on any atom is 0.243 e. The Morgan fingerprint density at radius 2 is 1.69 bits per heavy atom. The van der Waals surface area contributed by atoms with Crippen LogP contribution in [0.2, 0.25) is 0 Å². The highest BCUT2D eigenvalue weighted by Crippen LogP contribution is 2.19. The van der Waals surface area contributed by atoms with Gasteiger partial charge in [-0.25, -0.2) is 0 Å². The molecule has 0 aliphatic carbocycles. The lowest BCUT2D eigenvalue weighted by atomic mass is 10.0. The number of halogens is 1. The summed E-state index contributed by atoms with van der Waals surface area (Å²) in [5, 5.41) is 16.2. The number of amides is 2. The summed E-state index contributed by atoms with van der Waals surface area (Å²) in [7, 11) is 0. The quantitative estimate of drug-likeness (QED) is 0.374. The number of aromatic amines is 1. The normalized spacial score (nSPS) is 13.1. The number of carbonyl (C=O) groups excluding carboxylic acids is 2. The van der Waals surface area contributed by atoms with Crippen LogP contribution < -0.4 is 16.4 Å². The summed E-state index contributed by atoms with van der Waals surface area (Å²) in [6.45, 7) is 5.68. The van der Waals surface area contributed by atoms with Gasteiger partial charge in [0.15, 0.2) is 0 Å². The standard InChI is InChI=1S/C24H30N4O3.ClH/c1-24(2,3)28-23(31)21(13-16-14-26-20-7-5-4-6-18(16)20)27-22(30)19(25)12-15-8-10-17(29)11-9-15;/h4-11,14,19,21,26,29H,12-13,25H2,1-3H3,(H,27,30)(H,28,31);1H/t19-,21+;/m0./s1. The van der Waals surface area contributed by atoms with Crippen molar-refractivity contribution >= 4 is 35.1 Å². The molecular formula is C24H31ClN4O3. The molecule has 0 aliphatic heterocycles. The van der Waals surface area contributed by atoms with Crippen LogP contribution in [0, 0.1) is 0 Å². The molecule has 3 aromatic rings. The molecule has 2 atom stereocenters. The van der Waals surface area contributed by atoms with Gasteiger partial charge < -0.3 is 26.5 Å². The van der Waals surface area contributed by atoms with Crippen molar-refractivity contribution in [3.8, 4) is 5.75 Å². The SMILES string of the molecule is CC(C)(C)NC(=O)[C@@H](Cc1c[nH]c2ccccc12)NC(=O)[C@@H](N)Cc1ccc(O)cc1.Cl. The van der Waals surface area contributed by atoms with Crippen LogP contribution in [0.3, 0.4) is 0 Å². The first-order valence-corrected chi connectivity index (χ1v) is 10.3. The topological polar surface area (TPSA) is 120 Å². The number of aromatic hydroxyl groups is 1. The van der Waals surface area contributed by atoms with Crippen molar-refractivity contribution in [3.05, 3.63) is 65.9 Å². The first-order chi connectivity index (χ1) is 14.6. The summed E-state index contributed by atoms with van der Waals surface area (Å²) in [6, 6.07) is 12.8. The van der Waals surface area contributed by atoms with E-state index in [0.29, 0.717) is 12.8 Å². The minimum atomic E-state index is -0.822. The van der Waals surface area contributed by atoms with E-state index in [1.54, 1.807) is 24.3 Å². The summed E-state index contributed by atoms with van der Waals surface area (Å²) in [5.74, 6) is -0.510. The number of hydrogen-bond donors (Lipinski definition) is 5. The number of nitrogens with two attached hydrogens (primary N) is 1. The molecule has 32 heavy (non-hydrogen) atoms. The van der Waals surface area contributed by atoms with Gasteiger partial charge in [0.25, 0.3) is 0 Å². The van der Waals surface area contributed by atoms with E-state index in [-0.39, 0.29) is 24.1 Å². The number of carbonyl (C=O) groups is 2. The number of nitrogens with one attached hydrogen (secondary N) is 3. The van der Waals surface area contributed by atoms with E-state index in [9.17, 15) is 14.7 Å². The minimum Gasteiger partial charge on any atom is -0.508 e. The summed E-state index contributed by atoms with van der Waals surface area (Å²) >= 11 is 0. The van der Waals surface area contributed by atoms with E-state index < -0.39 is 23.5 Å². The second-order valence-corrected chi connectivity index (χ2v) is 8.84. The summed E-state index contributed by atoms with van der Waals surface area (Å²) in [4.78, 5) is 29.0. The van der Waals surface area contributed by atoms with E-state index in [0.717, 1.165) is 22.0 Å². The Bertz CT molecular complexity index is 1060. The van der Waals surface area contributed by atoms with Gasteiger partial charge in [0.2, 0.25) is 11.8 Å². The fraction of sp³-hybridized carbons (Fsp3) is 0.333. The average molecular weight is 459 g/mol. The molecule has 0 aliphatic rings. The van der Waals surface area contributed by atoms with E-state index in [1.165, 1.54) is 0 Å². The predicted molar refractivity (Wildman–Crippen MR) is 129 cm³/mol. The lowest BCUT2D eigenvalue weighted by Gasteiger charge is -2.26. The zero-order valence-corrected chi connectivity index (χ0v) is 19.3. The van der Waals surface area contributed by atoms with Gasteiger partial charge in [0.1, 0.15) is 11.8 Å². The third-order valence-electron chi connectivity index (χ3n) is 4.96. The zero-order chi connectivity index (χ0) is 22.6. The van der Waals surface area contributed by atoms with Crippen LogP contribution in [0.4, 0.5) is 0 Å². The zero-order valence-electron chi connectivity index (χ0n) is 18.5. The fourth-order valence-electron chi connectivity index (χ4n) is 3.44. The van der Waals surface area contributed by atoms with Gasteiger partial charge >= 0.3 is 0 Å². The average Bonchev–Trinajstić information content (AvgIpc) is 3.11. The van der Waals surface area contributed by atoms with Crippen molar-refractivity contribution in [2.75, 3.05) is 0 Å². The van der Waals surface area contributed by atoms with Gasteiger partial charge in [-0.05, 0) is 56.5 Å². The Hall–Kier alpha value is -3.03.